The van der Waals surface area contributed by atoms with E-state index in [1.165, 1.54) is 30.5 Å². The van der Waals surface area contributed by atoms with Gasteiger partial charge >= 0.3 is 0 Å². The molecular weight excluding hydrogens is 339 g/mol. The average Bonchev–Trinajstić information content (AvgIpc) is 3.07. The number of nitrogens with zero attached hydrogens (tertiary/aromatic N) is 1. The molecule has 0 atom stereocenters. The highest BCUT2D eigenvalue weighted by molar-refractivity contribution is 7.89. The minimum absolute atomic E-state index is 0.111. The van der Waals surface area contributed by atoms with Crippen molar-refractivity contribution in [2.24, 2.45) is 0 Å². The molecule has 1 N–H and O–H groups in total. The zero-order valence-electron chi connectivity index (χ0n) is 14.3. The second-order valence-electron chi connectivity index (χ2n) is 6.53. The van der Waals surface area contributed by atoms with Gasteiger partial charge in [0.25, 0.3) is 0 Å². The molecule has 0 amide bonds. The highest BCUT2D eigenvalue weighted by atomic mass is 32.2. The lowest BCUT2D eigenvalue weighted by Crippen LogP contribution is -2.24. The van der Waals surface area contributed by atoms with Gasteiger partial charge < -0.3 is 0 Å². The van der Waals surface area contributed by atoms with Gasteiger partial charge in [-0.2, -0.15) is 0 Å². The number of nitrogens with one attached hydrogen (secondary N) is 1. The molecule has 0 aromatic heterocycles. The number of aryl methyl sites for hydroxylation is 1. The topological polar surface area (TPSA) is 49.4 Å². The van der Waals surface area contributed by atoms with Crippen molar-refractivity contribution in [1.29, 1.82) is 0 Å². The Morgan fingerprint density at radius 2 is 1.68 bits per heavy atom. The molecule has 0 radical (unpaired) electrons. The number of halogens is 1. The third-order valence-electron chi connectivity index (χ3n) is 4.52. The van der Waals surface area contributed by atoms with Crippen LogP contribution in [0.15, 0.2) is 47.4 Å². The van der Waals surface area contributed by atoms with Gasteiger partial charge in [-0.1, -0.05) is 24.3 Å². The van der Waals surface area contributed by atoms with Crippen molar-refractivity contribution < 1.29 is 12.8 Å². The Bertz CT molecular complexity index is 829. The maximum Gasteiger partial charge on any atom is 0.241 e. The third-order valence-corrected chi connectivity index (χ3v) is 6.08. The average molecular weight is 362 g/mol. The van der Waals surface area contributed by atoms with Crippen LogP contribution in [0.2, 0.25) is 0 Å². The first-order valence-electron chi connectivity index (χ1n) is 8.50. The summed E-state index contributed by atoms with van der Waals surface area (Å²) < 4.78 is 40.5. The summed E-state index contributed by atoms with van der Waals surface area (Å²) in [4.78, 5) is 2.54. The molecule has 0 aliphatic carbocycles. The summed E-state index contributed by atoms with van der Waals surface area (Å²) in [5.74, 6) is -0.440. The Balaban J connectivity index is 1.62. The van der Waals surface area contributed by atoms with Gasteiger partial charge in [-0.25, -0.2) is 17.5 Å². The van der Waals surface area contributed by atoms with Crippen LogP contribution in [0.5, 0.6) is 0 Å². The molecule has 1 fully saturated rings. The highest BCUT2D eigenvalue weighted by Crippen LogP contribution is 2.17. The number of sulfonamides is 1. The van der Waals surface area contributed by atoms with E-state index in [1.807, 2.05) is 24.3 Å². The van der Waals surface area contributed by atoms with Crippen molar-refractivity contribution in [3.05, 3.63) is 65.0 Å². The Kier molecular flexibility index (Phi) is 5.51. The van der Waals surface area contributed by atoms with E-state index in [9.17, 15) is 12.8 Å². The first kappa shape index (κ1) is 18.0. The van der Waals surface area contributed by atoms with E-state index >= 15 is 0 Å². The monoisotopic (exact) mass is 362 g/mol. The van der Waals surface area contributed by atoms with E-state index in [0.29, 0.717) is 5.56 Å². The molecule has 4 nitrogen and oxygen atoms in total. The fourth-order valence-corrected chi connectivity index (χ4v) is 4.37. The zero-order valence-corrected chi connectivity index (χ0v) is 15.2. The van der Waals surface area contributed by atoms with Gasteiger partial charge in [-0.3, -0.25) is 4.90 Å². The zero-order chi connectivity index (χ0) is 17.9. The van der Waals surface area contributed by atoms with Crippen LogP contribution in [0, 0.1) is 12.7 Å². The quantitative estimate of drug-likeness (QED) is 0.858. The van der Waals surface area contributed by atoms with Gasteiger partial charge in [0, 0.05) is 13.1 Å². The lowest BCUT2D eigenvalue weighted by Gasteiger charge is -2.15. The van der Waals surface area contributed by atoms with Gasteiger partial charge in [0.1, 0.15) is 5.82 Å². The molecule has 1 heterocycles. The fraction of sp³-hybridized carbons (Fsp3) is 0.368. The number of benzene rings is 2. The molecule has 25 heavy (non-hydrogen) atoms. The number of rotatable bonds is 6. The van der Waals surface area contributed by atoms with Crippen LogP contribution in [0.25, 0.3) is 0 Å². The minimum Gasteiger partial charge on any atom is -0.299 e. The van der Waals surface area contributed by atoms with E-state index in [2.05, 4.69) is 9.62 Å². The van der Waals surface area contributed by atoms with Crippen LogP contribution >= 0.6 is 0 Å². The van der Waals surface area contributed by atoms with Gasteiger partial charge in [0.05, 0.1) is 4.90 Å². The van der Waals surface area contributed by atoms with Crippen molar-refractivity contribution in [2.75, 3.05) is 13.1 Å². The molecule has 1 aliphatic heterocycles. The maximum absolute atomic E-state index is 13.2. The molecule has 0 bridgehead atoms. The van der Waals surface area contributed by atoms with Gasteiger partial charge in [-0.05, 0) is 67.7 Å². The van der Waals surface area contributed by atoms with E-state index in [4.69, 9.17) is 0 Å². The lowest BCUT2D eigenvalue weighted by molar-refractivity contribution is 0.331. The Hall–Kier alpha value is -1.76. The molecule has 0 saturated carbocycles. The van der Waals surface area contributed by atoms with Crippen molar-refractivity contribution >= 4 is 10.0 Å². The smallest absolute Gasteiger partial charge is 0.241 e. The minimum atomic E-state index is -3.66. The summed E-state index contributed by atoms with van der Waals surface area (Å²) in [6.07, 6.45) is 2.53. The molecule has 1 saturated heterocycles. The Morgan fingerprint density at radius 1 is 1.04 bits per heavy atom. The van der Waals surface area contributed by atoms with Gasteiger partial charge in [-0.15, -0.1) is 0 Å². The standard InChI is InChI=1S/C19H23FN2O2S/c1-15-12-18(20)8-9-19(15)25(23,24)21-13-16-4-6-17(7-5-16)14-22-10-2-3-11-22/h4-9,12,21H,2-3,10-11,13-14H2,1H3. The summed E-state index contributed by atoms with van der Waals surface area (Å²) in [6, 6.07) is 11.7. The van der Waals surface area contributed by atoms with E-state index in [-0.39, 0.29) is 11.4 Å². The predicted octanol–water partition coefficient (Wildman–Crippen LogP) is 3.21. The molecule has 0 spiro atoms. The van der Waals surface area contributed by atoms with Crippen LogP contribution in [0.3, 0.4) is 0 Å². The predicted molar refractivity (Wildman–Crippen MR) is 96.1 cm³/mol. The van der Waals surface area contributed by atoms with Crippen LogP contribution in [0.1, 0.15) is 29.5 Å². The molecule has 134 valence electrons. The van der Waals surface area contributed by atoms with E-state index in [1.54, 1.807) is 6.92 Å². The summed E-state index contributed by atoms with van der Waals surface area (Å²) in [6.45, 7) is 5.05. The number of hydrogen-bond donors (Lipinski definition) is 1. The first-order chi connectivity index (χ1) is 11.9. The van der Waals surface area contributed by atoms with E-state index < -0.39 is 15.8 Å². The largest absolute Gasteiger partial charge is 0.299 e. The molecule has 2 aromatic carbocycles. The van der Waals surface area contributed by atoms with Gasteiger partial charge in [0.2, 0.25) is 10.0 Å². The van der Waals surface area contributed by atoms with Gasteiger partial charge in [0.15, 0.2) is 0 Å². The fourth-order valence-electron chi connectivity index (χ4n) is 3.13. The van der Waals surface area contributed by atoms with Crippen molar-refractivity contribution in [3.8, 4) is 0 Å². The van der Waals surface area contributed by atoms with Crippen molar-refractivity contribution in [3.63, 3.8) is 0 Å². The second-order valence-corrected chi connectivity index (χ2v) is 8.27. The van der Waals surface area contributed by atoms with Crippen LogP contribution in [-0.2, 0) is 23.1 Å². The molecule has 0 unspecified atom stereocenters. The number of likely N-dealkylation sites (tertiary alicyclic amines) is 1. The molecule has 6 heteroatoms. The Labute approximate surface area is 148 Å². The van der Waals surface area contributed by atoms with E-state index in [0.717, 1.165) is 31.3 Å². The highest BCUT2D eigenvalue weighted by Gasteiger charge is 2.17. The summed E-state index contributed by atoms with van der Waals surface area (Å²) in [7, 11) is -3.66. The van der Waals surface area contributed by atoms with Crippen LogP contribution < -0.4 is 4.72 Å². The SMILES string of the molecule is Cc1cc(F)ccc1S(=O)(=O)NCc1ccc(CN2CCCC2)cc1. The van der Waals surface area contributed by atoms with Crippen molar-refractivity contribution in [1.82, 2.24) is 9.62 Å². The first-order valence-corrected chi connectivity index (χ1v) is 9.98. The molecule has 2 aromatic rings. The van der Waals surface area contributed by atoms with Crippen LogP contribution in [-0.4, -0.2) is 26.4 Å². The number of hydrogen-bond acceptors (Lipinski definition) is 3. The summed E-state index contributed by atoms with van der Waals surface area (Å²) >= 11 is 0. The molecular formula is C19H23FN2O2S. The Morgan fingerprint density at radius 3 is 2.32 bits per heavy atom. The van der Waals surface area contributed by atoms with Crippen molar-refractivity contribution in [2.45, 2.75) is 37.8 Å². The third kappa shape index (κ3) is 4.66. The second kappa shape index (κ2) is 7.64. The molecule has 3 rings (SSSR count). The van der Waals surface area contributed by atoms with Crippen LogP contribution in [0.4, 0.5) is 4.39 Å². The lowest BCUT2D eigenvalue weighted by atomic mass is 10.1. The summed E-state index contributed by atoms with van der Waals surface area (Å²) in [5.41, 5.74) is 2.53. The maximum atomic E-state index is 13.2. The normalized spacial score (nSPS) is 15.6. The summed E-state index contributed by atoms with van der Waals surface area (Å²) in [5, 5.41) is 0. The molecule has 1 aliphatic rings.